The van der Waals surface area contributed by atoms with E-state index in [1.165, 1.54) is 28.3 Å². The summed E-state index contributed by atoms with van der Waals surface area (Å²) in [5.74, 6) is 0.379. The molecule has 30 heavy (non-hydrogen) atoms. The molecule has 2 aromatic rings. The van der Waals surface area contributed by atoms with Crippen LogP contribution in [0.25, 0.3) is 5.57 Å². The number of likely N-dealkylation sites (N-methyl/N-ethyl adjacent to an activating group) is 1. The number of halogens is 1. The number of allylic oxidation sites excluding steroid dienone is 2. The van der Waals surface area contributed by atoms with E-state index in [1.807, 2.05) is 12.1 Å². The molecule has 0 saturated carbocycles. The Balaban J connectivity index is 2.31. The van der Waals surface area contributed by atoms with Crippen molar-refractivity contribution in [1.29, 1.82) is 0 Å². The van der Waals surface area contributed by atoms with E-state index in [9.17, 15) is 9.50 Å². The summed E-state index contributed by atoms with van der Waals surface area (Å²) in [7, 11) is 2.13. The molecule has 1 aliphatic heterocycles. The first-order valence-electron chi connectivity index (χ1n) is 10.6. The average Bonchev–Trinajstić information content (AvgIpc) is 2.69. The first-order valence-corrected chi connectivity index (χ1v) is 11.4. The lowest BCUT2D eigenvalue weighted by atomic mass is 9.83. The highest BCUT2D eigenvalue weighted by Crippen LogP contribution is 2.48. The van der Waals surface area contributed by atoms with Gasteiger partial charge in [0.25, 0.3) is 0 Å². The lowest BCUT2D eigenvalue weighted by molar-refractivity contribution is 0.220. The molecule has 2 aromatic carbocycles. The highest BCUT2D eigenvalue weighted by molar-refractivity contribution is 8.03. The highest BCUT2D eigenvalue weighted by Gasteiger charge is 2.36. The summed E-state index contributed by atoms with van der Waals surface area (Å²) >= 11 is 1.75. The molecule has 0 aliphatic carbocycles. The van der Waals surface area contributed by atoms with E-state index in [2.05, 4.69) is 70.8 Å². The number of hydrogen-bond acceptors (Lipinski definition) is 3. The molecule has 0 aromatic heterocycles. The third kappa shape index (κ3) is 4.35. The van der Waals surface area contributed by atoms with Crippen LogP contribution >= 0.6 is 11.8 Å². The number of nitrogens with zero attached hydrogens (tertiary/aromatic N) is 1. The van der Waals surface area contributed by atoms with Crippen LogP contribution in [0.5, 0.6) is 0 Å². The van der Waals surface area contributed by atoms with Crippen molar-refractivity contribution >= 4 is 17.3 Å². The van der Waals surface area contributed by atoms with Crippen molar-refractivity contribution in [3.05, 3.63) is 81.7 Å². The van der Waals surface area contributed by atoms with Gasteiger partial charge in [0, 0.05) is 28.1 Å². The monoisotopic (exact) mass is 425 g/mol. The van der Waals surface area contributed by atoms with Gasteiger partial charge in [-0.15, -0.1) is 0 Å². The van der Waals surface area contributed by atoms with Gasteiger partial charge < -0.3 is 10.0 Å². The van der Waals surface area contributed by atoms with Crippen LogP contribution < -0.4 is 0 Å². The second-order valence-electron chi connectivity index (χ2n) is 8.60. The van der Waals surface area contributed by atoms with Gasteiger partial charge in [-0.3, -0.25) is 0 Å². The molecule has 3 rings (SSSR count). The summed E-state index contributed by atoms with van der Waals surface area (Å²) < 4.78 is 13.7. The fourth-order valence-corrected chi connectivity index (χ4v) is 5.91. The van der Waals surface area contributed by atoms with Crippen LogP contribution in [0.4, 0.5) is 4.39 Å². The molecule has 1 N–H and O–H groups in total. The first kappa shape index (κ1) is 22.6. The smallest absolute Gasteiger partial charge is 0.123 e. The molecule has 0 radical (unpaired) electrons. The van der Waals surface area contributed by atoms with Gasteiger partial charge in [-0.05, 0) is 53.7 Å². The predicted molar refractivity (Wildman–Crippen MR) is 126 cm³/mol. The van der Waals surface area contributed by atoms with Crippen molar-refractivity contribution in [2.75, 3.05) is 13.7 Å². The average molecular weight is 426 g/mol. The molecule has 0 fully saturated rings. The normalized spacial score (nSPS) is 17.5. The minimum Gasteiger partial charge on any atom is -0.392 e. The topological polar surface area (TPSA) is 23.5 Å². The minimum absolute atomic E-state index is 0.0247. The Hall–Kier alpha value is -2.04. The number of aliphatic hydroxyl groups is 1. The maximum absolute atomic E-state index is 13.7. The Kier molecular flexibility index (Phi) is 7.10. The summed E-state index contributed by atoms with van der Waals surface area (Å²) in [4.78, 5) is 4.68. The van der Waals surface area contributed by atoms with Gasteiger partial charge in [0.05, 0.1) is 12.6 Å². The minimum atomic E-state index is -0.251. The third-order valence-electron chi connectivity index (χ3n) is 5.72. The number of aliphatic hydroxyl groups excluding tert-OH is 1. The Morgan fingerprint density at radius 3 is 2.20 bits per heavy atom. The zero-order chi connectivity index (χ0) is 22.0. The fraction of sp³-hybridized carbons (Fsp3) is 0.385. The molecule has 160 valence electrons. The molecule has 1 unspecified atom stereocenters. The van der Waals surface area contributed by atoms with Crippen molar-refractivity contribution in [3.63, 3.8) is 0 Å². The highest BCUT2D eigenvalue weighted by atomic mass is 32.2. The van der Waals surface area contributed by atoms with Crippen LogP contribution in [-0.4, -0.2) is 29.7 Å². The fourth-order valence-electron chi connectivity index (χ4n) is 4.47. The third-order valence-corrected chi connectivity index (χ3v) is 7.02. The SMILES string of the molecule is Cc1ccccc1SC1=C(C(C)C)N(C)C(C(C)C)C(CO)=C1c1ccc(F)cc1. The quantitative estimate of drug-likeness (QED) is 0.571. The van der Waals surface area contributed by atoms with Crippen LogP contribution in [0.3, 0.4) is 0 Å². The van der Waals surface area contributed by atoms with Crippen LogP contribution in [0.1, 0.15) is 38.8 Å². The number of hydrogen-bond donors (Lipinski definition) is 1. The van der Waals surface area contributed by atoms with E-state index in [-0.39, 0.29) is 18.5 Å². The number of benzene rings is 2. The molecule has 1 aliphatic rings. The molecule has 0 spiro atoms. The van der Waals surface area contributed by atoms with Gasteiger partial charge >= 0.3 is 0 Å². The Labute approximate surface area is 184 Å². The van der Waals surface area contributed by atoms with E-state index in [1.54, 1.807) is 11.8 Å². The van der Waals surface area contributed by atoms with Crippen LogP contribution in [0.2, 0.25) is 0 Å². The summed E-state index contributed by atoms with van der Waals surface area (Å²) in [6.07, 6.45) is 0. The van der Waals surface area contributed by atoms with Crippen molar-refractivity contribution in [1.82, 2.24) is 4.90 Å². The Morgan fingerprint density at radius 1 is 1.03 bits per heavy atom. The maximum Gasteiger partial charge on any atom is 0.123 e. The van der Waals surface area contributed by atoms with E-state index < -0.39 is 0 Å². The van der Waals surface area contributed by atoms with Crippen LogP contribution in [-0.2, 0) is 0 Å². The zero-order valence-corrected chi connectivity index (χ0v) is 19.6. The van der Waals surface area contributed by atoms with Crippen LogP contribution in [0.15, 0.2) is 69.6 Å². The number of rotatable bonds is 6. The summed E-state index contributed by atoms with van der Waals surface area (Å²) in [6, 6.07) is 15.1. The van der Waals surface area contributed by atoms with Gasteiger partial charge in [-0.2, -0.15) is 0 Å². The number of thioether (sulfide) groups is 1. The van der Waals surface area contributed by atoms with Crippen molar-refractivity contribution in [2.45, 2.75) is 45.6 Å². The van der Waals surface area contributed by atoms with Gasteiger partial charge in [-0.1, -0.05) is 69.8 Å². The van der Waals surface area contributed by atoms with E-state index >= 15 is 0 Å². The van der Waals surface area contributed by atoms with Gasteiger partial charge in [0.15, 0.2) is 0 Å². The summed E-state index contributed by atoms with van der Waals surface area (Å²) in [5.41, 5.74) is 5.48. The van der Waals surface area contributed by atoms with E-state index in [4.69, 9.17) is 0 Å². The predicted octanol–water partition coefficient (Wildman–Crippen LogP) is 6.51. The Bertz CT molecular complexity index is 959. The molecular weight excluding hydrogens is 393 g/mol. The van der Waals surface area contributed by atoms with E-state index in [0.717, 1.165) is 21.6 Å². The second-order valence-corrected chi connectivity index (χ2v) is 9.65. The molecule has 0 saturated heterocycles. The van der Waals surface area contributed by atoms with Crippen molar-refractivity contribution in [3.8, 4) is 0 Å². The second kappa shape index (κ2) is 9.40. The Morgan fingerprint density at radius 2 is 1.67 bits per heavy atom. The molecule has 0 bridgehead atoms. The summed E-state index contributed by atoms with van der Waals surface area (Å²) in [6.45, 7) is 10.9. The number of aryl methyl sites for hydroxylation is 1. The largest absolute Gasteiger partial charge is 0.392 e. The lowest BCUT2D eigenvalue weighted by Crippen LogP contribution is -2.42. The summed E-state index contributed by atoms with van der Waals surface area (Å²) in [5, 5.41) is 10.5. The van der Waals surface area contributed by atoms with Crippen LogP contribution in [0, 0.1) is 24.6 Å². The standard InChI is InChI=1S/C26H32FNOS/c1-16(2)24-21(15-29)23(19-11-13-20(27)14-12-19)26(25(17(3)4)28(24)6)30-22-10-8-7-9-18(22)5/h7-14,16-17,24,29H,15H2,1-6H3. The van der Waals surface area contributed by atoms with Gasteiger partial charge in [0.1, 0.15) is 5.82 Å². The molecule has 1 atom stereocenters. The molecular formula is C26H32FNOS. The van der Waals surface area contributed by atoms with Gasteiger partial charge in [-0.25, -0.2) is 4.39 Å². The van der Waals surface area contributed by atoms with Gasteiger partial charge in [0.2, 0.25) is 0 Å². The van der Waals surface area contributed by atoms with Crippen molar-refractivity contribution in [2.24, 2.45) is 11.8 Å². The molecule has 1 heterocycles. The van der Waals surface area contributed by atoms with Crippen molar-refractivity contribution < 1.29 is 9.50 Å². The first-order chi connectivity index (χ1) is 14.3. The lowest BCUT2D eigenvalue weighted by Gasteiger charge is -2.44. The van der Waals surface area contributed by atoms with E-state index in [0.29, 0.717) is 11.8 Å². The molecule has 4 heteroatoms. The molecule has 2 nitrogen and oxygen atoms in total. The maximum atomic E-state index is 13.7. The zero-order valence-electron chi connectivity index (χ0n) is 18.7. The molecule has 0 amide bonds.